The average Bonchev–Trinajstić information content (AvgIpc) is 2.37. The SMILES string of the molecule is COc1ccc(OCCC(N)C(=O)O)c(C(C)(C)C)c1. The van der Waals surface area contributed by atoms with Crippen LogP contribution in [0.5, 0.6) is 11.5 Å². The van der Waals surface area contributed by atoms with Crippen molar-refractivity contribution in [3.8, 4) is 11.5 Å². The van der Waals surface area contributed by atoms with Crippen LogP contribution in [0.4, 0.5) is 0 Å². The van der Waals surface area contributed by atoms with Crippen LogP contribution in [-0.2, 0) is 10.2 Å². The number of hydrogen-bond donors (Lipinski definition) is 2. The molecule has 0 aliphatic carbocycles. The number of carbonyl (C=O) groups is 1. The van der Waals surface area contributed by atoms with Crippen LogP contribution < -0.4 is 15.2 Å². The van der Waals surface area contributed by atoms with E-state index in [9.17, 15) is 4.79 Å². The van der Waals surface area contributed by atoms with Crippen molar-refractivity contribution in [3.05, 3.63) is 23.8 Å². The number of ether oxygens (including phenoxy) is 2. The largest absolute Gasteiger partial charge is 0.497 e. The van der Waals surface area contributed by atoms with Gasteiger partial charge in [-0.25, -0.2) is 0 Å². The van der Waals surface area contributed by atoms with Crippen LogP contribution >= 0.6 is 0 Å². The molecule has 1 rings (SSSR count). The van der Waals surface area contributed by atoms with Gasteiger partial charge in [0.25, 0.3) is 0 Å². The first-order valence-corrected chi connectivity index (χ1v) is 6.55. The maximum atomic E-state index is 10.7. The summed E-state index contributed by atoms with van der Waals surface area (Å²) in [4.78, 5) is 10.7. The van der Waals surface area contributed by atoms with Crippen LogP contribution in [-0.4, -0.2) is 30.8 Å². The quantitative estimate of drug-likeness (QED) is 0.835. The average molecular weight is 281 g/mol. The molecule has 1 atom stereocenters. The molecule has 20 heavy (non-hydrogen) atoms. The van der Waals surface area contributed by atoms with E-state index in [-0.39, 0.29) is 18.4 Å². The van der Waals surface area contributed by atoms with Gasteiger partial charge < -0.3 is 20.3 Å². The number of aliphatic carboxylic acids is 1. The molecule has 0 aromatic heterocycles. The smallest absolute Gasteiger partial charge is 0.320 e. The van der Waals surface area contributed by atoms with Gasteiger partial charge in [-0.3, -0.25) is 4.79 Å². The fourth-order valence-electron chi connectivity index (χ4n) is 1.77. The number of hydrogen-bond acceptors (Lipinski definition) is 4. The van der Waals surface area contributed by atoms with Crippen molar-refractivity contribution in [2.45, 2.75) is 38.6 Å². The van der Waals surface area contributed by atoms with E-state index in [1.165, 1.54) is 0 Å². The van der Waals surface area contributed by atoms with Crippen molar-refractivity contribution in [2.75, 3.05) is 13.7 Å². The molecular formula is C15H23NO4. The van der Waals surface area contributed by atoms with Crippen molar-refractivity contribution in [2.24, 2.45) is 5.73 Å². The Morgan fingerprint density at radius 3 is 2.55 bits per heavy atom. The van der Waals surface area contributed by atoms with Crippen LogP contribution in [0.3, 0.4) is 0 Å². The molecule has 0 radical (unpaired) electrons. The molecule has 1 unspecified atom stereocenters. The summed E-state index contributed by atoms with van der Waals surface area (Å²) in [6.45, 7) is 6.51. The Kier molecular flexibility index (Phi) is 5.39. The summed E-state index contributed by atoms with van der Waals surface area (Å²) in [5.41, 5.74) is 6.37. The number of carboxylic acids is 1. The molecule has 0 saturated heterocycles. The topological polar surface area (TPSA) is 81.8 Å². The Hall–Kier alpha value is -1.75. The molecule has 5 heteroatoms. The number of nitrogens with two attached hydrogens (primary N) is 1. The highest BCUT2D eigenvalue weighted by atomic mass is 16.5. The molecule has 5 nitrogen and oxygen atoms in total. The summed E-state index contributed by atoms with van der Waals surface area (Å²) in [6, 6.07) is 4.70. The molecule has 3 N–H and O–H groups in total. The molecule has 0 aliphatic heterocycles. The lowest BCUT2D eigenvalue weighted by atomic mass is 9.86. The van der Waals surface area contributed by atoms with E-state index >= 15 is 0 Å². The number of methoxy groups -OCH3 is 1. The summed E-state index contributed by atoms with van der Waals surface area (Å²) in [7, 11) is 1.62. The first kappa shape index (κ1) is 16.3. The predicted molar refractivity (Wildman–Crippen MR) is 77.4 cm³/mol. The van der Waals surface area contributed by atoms with Gasteiger partial charge >= 0.3 is 5.97 Å². The maximum absolute atomic E-state index is 10.7. The van der Waals surface area contributed by atoms with Crippen molar-refractivity contribution >= 4 is 5.97 Å². The number of carboxylic acid groups (broad SMARTS) is 1. The highest BCUT2D eigenvalue weighted by Crippen LogP contribution is 2.34. The van der Waals surface area contributed by atoms with Gasteiger partial charge in [-0.1, -0.05) is 20.8 Å². The number of benzene rings is 1. The minimum atomic E-state index is -1.01. The van der Waals surface area contributed by atoms with Gasteiger partial charge in [0.05, 0.1) is 13.7 Å². The van der Waals surface area contributed by atoms with Gasteiger partial charge in [0.1, 0.15) is 17.5 Å². The van der Waals surface area contributed by atoms with E-state index in [4.69, 9.17) is 20.3 Å². The van der Waals surface area contributed by atoms with E-state index in [0.29, 0.717) is 0 Å². The molecular weight excluding hydrogens is 258 g/mol. The van der Waals surface area contributed by atoms with Gasteiger partial charge in [-0.2, -0.15) is 0 Å². The third-order valence-electron chi connectivity index (χ3n) is 3.00. The molecule has 1 aromatic rings. The Bertz CT molecular complexity index is 465. The summed E-state index contributed by atoms with van der Waals surface area (Å²) in [5.74, 6) is 0.486. The lowest BCUT2D eigenvalue weighted by molar-refractivity contribution is -0.138. The van der Waals surface area contributed by atoms with E-state index in [1.54, 1.807) is 7.11 Å². The fourth-order valence-corrected chi connectivity index (χ4v) is 1.77. The first-order chi connectivity index (χ1) is 9.25. The van der Waals surface area contributed by atoms with E-state index in [1.807, 2.05) is 18.2 Å². The van der Waals surface area contributed by atoms with Crippen molar-refractivity contribution in [1.29, 1.82) is 0 Å². The maximum Gasteiger partial charge on any atom is 0.320 e. The standard InChI is InChI=1S/C15H23NO4/c1-15(2,3)11-9-10(19-4)5-6-13(11)20-8-7-12(16)14(17)18/h5-6,9,12H,7-8,16H2,1-4H3,(H,17,18). The van der Waals surface area contributed by atoms with Gasteiger partial charge in [-0.15, -0.1) is 0 Å². The van der Waals surface area contributed by atoms with E-state index in [0.717, 1.165) is 17.1 Å². The predicted octanol–water partition coefficient (Wildman–Crippen LogP) is 2.17. The summed E-state index contributed by atoms with van der Waals surface area (Å²) >= 11 is 0. The van der Waals surface area contributed by atoms with Gasteiger partial charge in [0.2, 0.25) is 0 Å². The van der Waals surface area contributed by atoms with Crippen LogP contribution in [0, 0.1) is 0 Å². The summed E-state index contributed by atoms with van der Waals surface area (Å²) in [5, 5.41) is 8.73. The third-order valence-corrected chi connectivity index (χ3v) is 3.00. The van der Waals surface area contributed by atoms with Gasteiger partial charge in [-0.05, 0) is 23.6 Å². The van der Waals surface area contributed by atoms with Crippen molar-refractivity contribution < 1.29 is 19.4 Å². The molecule has 112 valence electrons. The zero-order valence-corrected chi connectivity index (χ0v) is 12.5. The normalized spacial score (nSPS) is 12.8. The molecule has 0 bridgehead atoms. The minimum absolute atomic E-state index is 0.0984. The Morgan fingerprint density at radius 1 is 1.40 bits per heavy atom. The van der Waals surface area contributed by atoms with E-state index < -0.39 is 12.0 Å². The second-order valence-corrected chi connectivity index (χ2v) is 5.69. The molecule has 0 fully saturated rings. The Labute approximate surface area is 119 Å². The second-order valence-electron chi connectivity index (χ2n) is 5.69. The van der Waals surface area contributed by atoms with Crippen molar-refractivity contribution in [3.63, 3.8) is 0 Å². The van der Waals surface area contributed by atoms with Crippen LogP contribution in [0.1, 0.15) is 32.8 Å². The zero-order valence-electron chi connectivity index (χ0n) is 12.5. The monoisotopic (exact) mass is 281 g/mol. The lowest BCUT2D eigenvalue weighted by Gasteiger charge is -2.23. The first-order valence-electron chi connectivity index (χ1n) is 6.55. The molecule has 1 aromatic carbocycles. The molecule has 0 heterocycles. The van der Waals surface area contributed by atoms with Crippen LogP contribution in [0.25, 0.3) is 0 Å². The molecule has 0 spiro atoms. The summed E-state index contributed by atoms with van der Waals surface area (Å²) in [6.07, 6.45) is 0.269. The summed E-state index contributed by atoms with van der Waals surface area (Å²) < 4.78 is 10.9. The molecule has 0 aliphatic rings. The third kappa shape index (κ3) is 4.42. The highest BCUT2D eigenvalue weighted by Gasteiger charge is 2.20. The van der Waals surface area contributed by atoms with Crippen LogP contribution in [0.2, 0.25) is 0 Å². The van der Waals surface area contributed by atoms with Gasteiger partial charge in [0, 0.05) is 12.0 Å². The van der Waals surface area contributed by atoms with E-state index in [2.05, 4.69) is 20.8 Å². The number of rotatable bonds is 6. The highest BCUT2D eigenvalue weighted by molar-refractivity contribution is 5.72. The minimum Gasteiger partial charge on any atom is -0.497 e. The van der Waals surface area contributed by atoms with Crippen LogP contribution in [0.15, 0.2) is 18.2 Å². The lowest BCUT2D eigenvalue weighted by Crippen LogP contribution is -2.31. The zero-order chi connectivity index (χ0) is 15.3. The fraction of sp³-hybridized carbons (Fsp3) is 0.533. The molecule has 0 amide bonds. The Morgan fingerprint density at radius 2 is 2.05 bits per heavy atom. The van der Waals surface area contributed by atoms with Crippen molar-refractivity contribution in [1.82, 2.24) is 0 Å². The second kappa shape index (κ2) is 6.61. The van der Waals surface area contributed by atoms with Gasteiger partial charge in [0.15, 0.2) is 0 Å². The Balaban J connectivity index is 2.81. The molecule has 0 saturated carbocycles.